The first kappa shape index (κ1) is 15.8. The SMILES string of the molecule is CCCN(C(C)C)[C@H]1COc2c(F)ccc(C(=O)[O-])c2C1. The zero-order valence-electron chi connectivity index (χ0n) is 12.7. The molecular weight excluding hydrogens is 273 g/mol. The number of hydrogen-bond donors (Lipinski definition) is 0. The smallest absolute Gasteiger partial charge is 0.165 e. The lowest BCUT2D eigenvalue weighted by Crippen LogP contribution is -2.47. The molecule has 2 rings (SSSR count). The molecule has 0 bridgehead atoms. The van der Waals surface area contributed by atoms with Crippen molar-refractivity contribution >= 4 is 5.97 Å². The fraction of sp³-hybridized carbons (Fsp3) is 0.562. The summed E-state index contributed by atoms with van der Waals surface area (Å²) in [5.41, 5.74) is 0.435. The minimum atomic E-state index is -1.29. The average Bonchev–Trinajstić information content (AvgIpc) is 2.44. The molecule has 1 aliphatic heterocycles. The molecule has 116 valence electrons. The predicted octanol–water partition coefficient (Wildman–Crippen LogP) is 1.61. The van der Waals surface area contributed by atoms with Gasteiger partial charge in [0.1, 0.15) is 6.61 Å². The van der Waals surface area contributed by atoms with Gasteiger partial charge < -0.3 is 14.6 Å². The Labute approximate surface area is 124 Å². The fourth-order valence-electron chi connectivity index (χ4n) is 2.96. The summed E-state index contributed by atoms with van der Waals surface area (Å²) in [6.07, 6.45) is 1.46. The molecule has 0 amide bonds. The number of carbonyl (C=O) groups excluding carboxylic acids is 1. The number of carboxylic acid groups (broad SMARTS) is 1. The first-order valence-electron chi connectivity index (χ1n) is 7.37. The first-order valence-corrected chi connectivity index (χ1v) is 7.37. The fourth-order valence-corrected chi connectivity index (χ4v) is 2.96. The van der Waals surface area contributed by atoms with Crippen molar-refractivity contribution in [1.82, 2.24) is 4.90 Å². The third kappa shape index (κ3) is 3.18. The van der Waals surface area contributed by atoms with E-state index in [0.29, 0.717) is 24.6 Å². The van der Waals surface area contributed by atoms with Crippen LogP contribution in [0, 0.1) is 5.82 Å². The van der Waals surface area contributed by atoms with Crippen LogP contribution in [0.3, 0.4) is 0 Å². The van der Waals surface area contributed by atoms with Crippen LogP contribution in [0.15, 0.2) is 12.1 Å². The number of ether oxygens (including phenoxy) is 1. The summed E-state index contributed by atoms with van der Waals surface area (Å²) in [7, 11) is 0. The van der Waals surface area contributed by atoms with Gasteiger partial charge in [0.25, 0.3) is 0 Å². The number of halogens is 1. The molecule has 0 fully saturated rings. The van der Waals surface area contributed by atoms with Crippen molar-refractivity contribution in [3.8, 4) is 5.75 Å². The number of aromatic carboxylic acids is 1. The molecule has 21 heavy (non-hydrogen) atoms. The minimum Gasteiger partial charge on any atom is -0.545 e. The number of carbonyl (C=O) groups is 1. The van der Waals surface area contributed by atoms with Gasteiger partial charge in [-0.2, -0.15) is 0 Å². The average molecular weight is 294 g/mol. The number of fused-ring (bicyclic) bond motifs is 1. The maximum atomic E-state index is 13.8. The Morgan fingerprint density at radius 2 is 2.24 bits per heavy atom. The molecule has 5 heteroatoms. The van der Waals surface area contributed by atoms with Gasteiger partial charge in [-0.05, 0) is 45.4 Å². The summed E-state index contributed by atoms with van der Waals surface area (Å²) in [6, 6.07) is 2.75. The van der Waals surface area contributed by atoms with E-state index >= 15 is 0 Å². The lowest BCUT2D eigenvalue weighted by Gasteiger charge is -2.38. The lowest BCUT2D eigenvalue weighted by molar-refractivity contribution is -0.255. The van der Waals surface area contributed by atoms with Gasteiger partial charge in [0.05, 0.1) is 5.97 Å². The highest BCUT2D eigenvalue weighted by atomic mass is 19.1. The molecule has 0 N–H and O–H groups in total. The van der Waals surface area contributed by atoms with E-state index in [9.17, 15) is 14.3 Å². The number of nitrogens with zero attached hydrogens (tertiary/aromatic N) is 1. The Morgan fingerprint density at radius 3 is 2.81 bits per heavy atom. The number of hydrogen-bond acceptors (Lipinski definition) is 4. The van der Waals surface area contributed by atoms with Gasteiger partial charge in [0.2, 0.25) is 0 Å². The normalized spacial score (nSPS) is 17.7. The van der Waals surface area contributed by atoms with Gasteiger partial charge in [-0.15, -0.1) is 0 Å². The third-order valence-corrected chi connectivity index (χ3v) is 3.91. The lowest BCUT2D eigenvalue weighted by atomic mass is 9.95. The first-order chi connectivity index (χ1) is 9.95. The van der Waals surface area contributed by atoms with Gasteiger partial charge in [0, 0.05) is 23.2 Å². The summed E-state index contributed by atoms with van der Waals surface area (Å²) in [4.78, 5) is 13.5. The monoisotopic (exact) mass is 294 g/mol. The second kappa shape index (κ2) is 6.43. The van der Waals surface area contributed by atoms with Crippen LogP contribution in [0.1, 0.15) is 43.1 Å². The molecule has 0 saturated heterocycles. The standard InChI is InChI=1S/C16H22FNO3/c1-4-7-18(10(2)3)11-8-13-12(16(19)20)5-6-14(17)15(13)21-9-11/h5-6,10-11H,4,7-9H2,1-3H3,(H,19,20)/p-1/t11-/m1/s1. The van der Waals surface area contributed by atoms with Crippen LogP contribution in [0.25, 0.3) is 0 Å². The quantitative estimate of drug-likeness (QED) is 0.828. The summed E-state index contributed by atoms with van der Waals surface area (Å²) in [5.74, 6) is -1.74. The predicted molar refractivity (Wildman–Crippen MR) is 75.9 cm³/mol. The molecule has 0 unspecified atom stereocenters. The second-order valence-electron chi connectivity index (χ2n) is 5.69. The third-order valence-electron chi connectivity index (χ3n) is 3.91. The van der Waals surface area contributed by atoms with Crippen molar-refractivity contribution < 1.29 is 19.0 Å². The summed E-state index contributed by atoms with van der Waals surface area (Å²) in [6.45, 7) is 7.56. The molecular formula is C16H21FNO3-. The van der Waals surface area contributed by atoms with Crippen molar-refractivity contribution in [3.63, 3.8) is 0 Å². The zero-order chi connectivity index (χ0) is 15.6. The van der Waals surface area contributed by atoms with Gasteiger partial charge in [-0.1, -0.05) is 6.92 Å². The second-order valence-corrected chi connectivity index (χ2v) is 5.69. The van der Waals surface area contributed by atoms with Crippen LogP contribution in [-0.2, 0) is 6.42 Å². The minimum absolute atomic E-state index is 0.0244. The van der Waals surface area contributed by atoms with E-state index in [0.717, 1.165) is 19.0 Å². The maximum absolute atomic E-state index is 13.8. The molecule has 1 aromatic carbocycles. The zero-order valence-corrected chi connectivity index (χ0v) is 12.7. The maximum Gasteiger partial charge on any atom is 0.165 e. The van der Waals surface area contributed by atoms with Crippen LogP contribution in [0.2, 0.25) is 0 Å². The summed E-state index contributed by atoms with van der Waals surface area (Å²) >= 11 is 0. The van der Waals surface area contributed by atoms with Crippen molar-refractivity contribution in [2.24, 2.45) is 0 Å². The van der Waals surface area contributed by atoms with Crippen molar-refractivity contribution in [2.45, 2.75) is 45.7 Å². The van der Waals surface area contributed by atoms with E-state index in [4.69, 9.17) is 4.74 Å². The van der Waals surface area contributed by atoms with Crippen molar-refractivity contribution in [1.29, 1.82) is 0 Å². The largest absolute Gasteiger partial charge is 0.545 e. The van der Waals surface area contributed by atoms with Gasteiger partial charge in [-0.3, -0.25) is 4.90 Å². The van der Waals surface area contributed by atoms with Crippen LogP contribution in [0.5, 0.6) is 5.75 Å². The molecule has 1 aromatic rings. The van der Waals surface area contributed by atoms with E-state index < -0.39 is 11.8 Å². The molecule has 1 heterocycles. The Balaban J connectivity index is 2.34. The molecule has 0 spiro atoms. The number of benzene rings is 1. The molecule has 0 aliphatic carbocycles. The molecule has 0 aromatic heterocycles. The van der Waals surface area contributed by atoms with Gasteiger partial charge in [0.15, 0.2) is 11.6 Å². The molecule has 0 saturated carbocycles. The van der Waals surface area contributed by atoms with Gasteiger partial charge in [-0.25, -0.2) is 4.39 Å². The Bertz CT molecular complexity index is 530. The summed E-state index contributed by atoms with van der Waals surface area (Å²) in [5, 5.41) is 11.2. The van der Waals surface area contributed by atoms with Crippen LogP contribution < -0.4 is 9.84 Å². The molecule has 0 radical (unpaired) electrons. The van der Waals surface area contributed by atoms with Crippen LogP contribution in [0.4, 0.5) is 4.39 Å². The molecule has 1 aliphatic rings. The number of carboxylic acids is 1. The highest BCUT2D eigenvalue weighted by Gasteiger charge is 2.30. The van der Waals surface area contributed by atoms with E-state index in [1.165, 1.54) is 6.07 Å². The number of rotatable bonds is 5. The topological polar surface area (TPSA) is 52.6 Å². The van der Waals surface area contributed by atoms with E-state index in [2.05, 4.69) is 25.7 Å². The van der Waals surface area contributed by atoms with Gasteiger partial charge >= 0.3 is 0 Å². The Hall–Kier alpha value is -1.62. The Kier molecular flexibility index (Phi) is 4.83. The highest BCUT2D eigenvalue weighted by Crippen LogP contribution is 2.32. The van der Waals surface area contributed by atoms with E-state index in [1.807, 2.05) is 0 Å². The van der Waals surface area contributed by atoms with E-state index in [1.54, 1.807) is 0 Å². The molecule has 4 nitrogen and oxygen atoms in total. The van der Waals surface area contributed by atoms with Crippen LogP contribution >= 0.6 is 0 Å². The molecule has 1 atom stereocenters. The highest BCUT2D eigenvalue weighted by molar-refractivity contribution is 5.88. The van der Waals surface area contributed by atoms with E-state index in [-0.39, 0.29) is 17.4 Å². The van der Waals surface area contributed by atoms with Crippen molar-refractivity contribution in [3.05, 3.63) is 29.1 Å². The Morgan fingerprint density at radius 1 is 1.52 bits per heavy atom. The van der Waals surface area contributed by atoms with Crippen molar-refractivity contribution in [2.75, 3.05) is 13.2 Å². The van der Waals surface area contributed by atoms with Crippen LogP contribution in [-0.4, -0.2) is 36.1 Å². The summed E-state index contributed by atoms with van der Waals surface area (Å²) < 4.78 is 19.3.